The Hall–Kier alpha value is -0.560. The summed E-state index contributed by atoms with van der Waals surface area (Å²) in [5.41, 5.74) is 0. The van der Waals surface area contributed by atoms with Gasteiger partial charge in [0, 0.05) is 38.6 Å². The Morgan fingerprint density at radius 1 is 1.07 bits per heavy atom. The van der Waals surface area contributed by atoms with Crippen LogP contribution >= 0.6 is 24.8 Å². The molecular formula is C19H36Cl2N4O2. The van der Waals surface area contributed by atoms with Crippen molar-refractivity contribution in [1.82, 2.24) is 20.4 Å². The third-order valence-electron chi connectivity index (χ3n) is 6.22. The molecule has 0 aromatic carbocycles. The Morgan fingerprint density at radius 2 is 1.74 bits per heavy atom. The first-order chi connectivity index (χ1) is 12.1. The number of carbonyl (C=O) groups is 2. The zero-order valence-corrected chi connectivity index (χ0v) is 18.1. The van der Waals surface area contributed by atoms with Crippen LogP contribution < -0.4 is 10.6 Å². The number of hydrogen-bond acceptors (Lipinski definition) is 4. The second-order valence-corrected chi connectivity index (χ2v) is 7.98. The molecule has 0 radical (unpaired) electrons. The van der Waals surface area contributed by atoms with Crippen LogP contribution in [0.25, 0.3) is 0 Å². The third kappa shape index (κ3) is 7.08. The largest absolute Gasteiger partial charge is 0.352 e. The molecule has 2 heterocycles. The zero-order valence-electron chi connectivity index (χ0n) is 16.5. The molecular weight excluding hydrogens is 387 g/mol. The van der Waals surface area contributed by atoms with E-state index < -0.39 is 0 Å². The number of piperazine rings is 1. The standard InChI is InChI=1S/C19H34N4O2.2ClH/c1-15(19(25)21-17-4-2-3-5-17)22-10-12-23(13-11-22)18(24)7-6-16-8-9-20-14-16;;/h15-17,20H,2-14H2,1H3,(H,21,25);2*1H. The summed E-state index contributed by atoms with van der Waals surface area (Å²) in [7, 11) is 0. The predicted molar refractivity (Wildman–Crippen MR) is 113 cm³/mol. The molecule has 2 unspecified atom stereocenters. The summed E-state index contributed by atoms with van der Waals surface area (Å²) in [5, 5.41) is 6.55. The van der Waals surface area contributed by atoms with Crippen LogP contribution in [0.3, 0.4) is 0 Å². The minimum absolute atomic E-state index is 0. The molecule has 2 atom stereocenters. The molecule has 2 amide bonds. The van der Waals surface area contributed by atoms with Gasteiger partial charge in [-0.1, -0.05) is 12.8 Å². The van der Waals surface area contributed by atoms with Crippen molar-refractivity contribution in [3.63, 3.8) is 0 Å². The van der Waals surface area contributed by atoms with Gasteiger partial charge in [-0.15, -0.1) is 24.8 Å². The minimum Gasteiger partial charge on any atom is -0.352 e. The van der Waals surface area contributed by atoms with Crippen LogP contribution in [0.5, 0.6) is 0 Å². The van der Waals surface area contributed by atoms with Crippen molar-refractivity contribution in [1.29, 1.82) is 0 Å². The third-order valence-corrected chi connectivity index (χ3v) is 6.22. The lowest BCUT2D eigenvalue weighted by molar-refractivity contribution is -0.134. The van der Waals surface area contributed by atoms with Crippen LogP contribution in [-0.4, -0.2) is 73.0 Å². The van der Waals surface area contributed by atoms with Crippen LogP contribution in [-0.2, 0) is 9.59 Å². The highest BCUT2D eigenvalue weighted by atomic mass is 35.5. The maximum Gasteiger partial charge on any atom is 0.237 e. The van der Waals surface area contributed by atoms with Crippen molar-refractivity contribution >= 4 is 36.6 Å². The van der Waals surface area contributed by atoms with Crippen LogP contribution in [0, 0.1) is 5.92 Å². The molecule has 0 spiro atoms. The van der Waals surface area contributed by atoms with Crippen LogP contribution in [0.1, 0.15) is 51.9 Å². The fraction of sp³-hybridized carbons (Fsp3) is 0.895. The van der Waals surface area contributed by atoms with Gasteiger partial charge in [0.15, 0.2) is 0 Å². The Balaban J connectivity index is 0.00000182. The lowest BCUT2D eigenvalue weighted by Gasteiger charge is -2.37. The van der Waals surface area contributed by atoms with E-state index in [1.54, 1.807) is 0 Å². The first-order valence-electron chi connectivity index (χ1n) is 10.2. The van der Waals surface area contributed by atoms with E-state index in [9.17, 15) is 9.59 Å². The average Bonchev–Trinajstić information content (AvgIpc) is 3.33. The molecule has 0 aromatic rings. The average molecular weight is 423 g/mol. The van der Waals surface area contributed by atoms with E-state index in [4.69, 9.17) is 0 Å². The van der Waals surface area contributed by atoms with E-state index >= 15 is 0 Å². The molecule has 158 valence electrons. The van der Waals surface area contributed by atoms with Crippen LogP contribution in [0.15, 0.2) is 0 Å². The summed E-state index contributed by atoms with van der Waals surface area (Å²) in [4.78, 5) is 29.0. The van der Waals surface area contributed by atoms with Crippen molar-refractivity contribution in [2.75, 3.05) is 39.3 Å². The van der Waals surface area contributed by atoms with E-state index in [-0.39, 0.29) is 42.7 Å². The molecule has 8 heteroatoms. The second kappa shape index (κ2) is 12.1. The highest BCUT2D eigenvalue weighted by Crippen LogP contribution is 2.19. The fourth-order valence-electron chi connectivity index (χ4n) is 4.36. The molecule has 27 heavy (non-hydrogen) atoms. The molecule has 0 aromatic heterocycles. The quantitative estimate of drug-likeness (QED) is 0.684. The van der Waals surface area contributed by atoms with Crippen molar-refractivity contribution in [2.24, 2.45) is 5.92 Å². The Morgan fingerprint density at radius 3 is 2.33 bits per heavy atom. The molecule has 0 bridgehead atoms. The Bertz CT molecular complexity index is 461. The normalized spacial score (nSPS) is 24.8. The summed E-state index contributed by atoms with van der Waals surface area (Å²) >= 11 is 0. The maximum absolute atomic E-state index is 12.4. The highest BCUT2D eigenvalue weighted by Gasteiger charge is 2.29. The maximum atomic E-state index is 12.4. The molecule has 1 aliphatic carbocycles. The van der Waals surface area contributed by atoms with Gasteiger partial charge in [-0.2, -0.15) is 0 Å². The van der Waals surface area contributed by atoms with E-state index in [0.717, 1.165) is 58.5 Å². The number of hydrogen-bond donors (Lipinski definition) is 2. The zero-order chi connectivity index (χ0) is 17.6. The second-order valence-electron chi connectivity index (χ2n) is 7.98. The van der Waals surface area contributed by atoms with Gasteiger partial charge in [0.05, 0.1) is 6.04 Å². The summed E-state index contributed by atoms with van der Waals surface area (Å²) in [6.45, 7) is 7.26. The highest BCUT2D eigenvalue weighted by molar-refractivity contribution is 5.85. The number of carbonyl (C=O) groups excluding carboxylic acids is 2. The summed E-state index contributed by atoms with van der Waals surface area (Å²) in [6.07, 6.45) is 7.59. The number of nitrogens with one attached hydrogen (secondary N) is 2. The summed E-state index contributed by atoms with van der Waals surface area (Å²) < 4.78 is 0. The first-order valence-corrected chi connectivity index (χ1v) is 10.2. The lowest BCUT2D eigenvalue weighted by Crippen LogP contribution is -2.55. The molecule has 3 aliphatic rings. The lowest BCUT2D eigenvalue weighted by atomic mass is 10.0. The molecule has 2 saturated heterocycles. The van der Waals surface area contributed by atoms with Crippen molar-refractivity contribution in [2.45, 2.75) is 64.0 Å². The van der Waals surface area contributed by atoms with Gasteiger partial charge in [0.1, 0.15) is 0 Å². The van der Waals surface area contributed by atoms with Gasteiger partial charge in [-0.25, -0.2) is 0 Å². The minimum atomic E-state index is -0.0950. The van der Waals surface area contributed by atoms with Gasteiger partial charge in [0.2, 0.25) is 11.8 Å². The number of rotatable bonds is 6. The topological polar surface area (TPSA) is 64.7 Å². The van der Waals surface area contributed by atoms with Gasteiger partial charge in [-0.05, 0) is 51.6 Å². The predicted octanol–water partition coefficient (Wildman–Crippen LogP) is 1.81. The Kier molecular flexibility index (Phi) is 11.0. The van der Waals surface area contributed by atoms with Gasteiger partial charge in [-0.3, -0.25) is 14.5 Å². The van der Waals surface area contributed by atoms with Crippen molar-refractivity contribution in [3.05, 3.63) is 0 Å². The SMILES string of the molecule is CC(C(=O)NC1CCCC1)N1CCN(C(=O)CCC2CCNC2)CC1.Cl.Cl. The first kappa shape index (κ1) is 24.5. The molecule has 3 fully saturated rings. The van der Waals surface area contributed by atoms with E-state index in [1.165, 1.54) is 19.3 Å². The number of halogens is 2. The summed E-state index contributed by atoms with van der Waals surface area (Å²) in [6, 6.07) is 0.283. The van der Waals surface area contributed by atoms with Gasteiger partial charge in [0.25, 0.3) is 0 Å². The van der Waals surface area contributed by atoms with Gasteiger partial charge < -0.3 is 15.5 Å². The Labute approximate surface area is 176 Å². The van der Waals surface area contributed by atoms with Crippen molar-refractivity contribution < 1.29 is 9.59 Å². The molecule has 2 N–H and O–H groups in total. The smallest absolute Gasteiger partial charge is 0.237 e. The van der Waals surface area contributed by atoms with Gasteiger partial charge >= 0.3 is 0 Å². The molecule has 1 saturated carbocycles. The fourth-order valence-corrected chi connectivity index (χ4v) is 4.36. The van der Waals surface area contributed by atoms with Crippen molar-refractivity contribution in [3.8, 4) is 0 Å². The van der Waals surface area contributed by atoms with Crippen LogP contribution in [0.2, 0.25) is 0 Å². The summed E-state index contributed by atoms with van der Waals surface area (Å²) in [5.74, 6) is 1.11. The molecule has 3 rings (SSSR count). The molecule has 2 aliphatic heterocycles. The van der Waals surface area contributed by atoms with E-state index in [0.29, 0.717) is 18.4 Å². The van der Waals surface area contributed by atoms with E-state index in [1.807, 2.05) is 11.8 Å². The van der Waals surface area contributed by atoms with Crippen LogP contribution in [0.4, 0.5) is 0 Å². The molecule has 6 nitrogen and oxygen atoms in total. The van der Waals surface area contributed by atoms with E-state index in [2.05, 4.69) is 15.5 Å². The number of nitrogens with zero attached hydrogens (tertiary/aromatic N) is 2. The monoisotopic (exact) mass is 422 g/mol. The number of amides is 2.